The van der Waals surface area contributed by atoms with Gasteiger partial charge in [0.05, 0.1) is 41.7 Å². The van der Waals surface area contributed by atoms with Crippen molar-refractivity contribution in [1.82, 2.24) is 24.9 Å². The number of aromatic nitrogens is 4. The molecule has 3 aromatic rings. The van der Waals surface area contributed by atoms with Crippen LogP contribution in [0, 0.1) is 6.92 Å². The van der Waals surface area contributed by atoms with Crippen molar-refractivity contribution < 1.29 is 9.53 Å². The van der Waals surface area contributed by atoms with Crippen LogP contribution in [0.25, 0.3) is 10.9 Å². The van der Waals surface area contributed by atoms with E-state index in [2.05, 4.69) is 15.3 Å². The second kappa shape index (κ2) is 6.02. The molecule has 138 valence electrons. The summed E-state index contributed by atoms with van der Waals surface area (Å²) in [5.74, 6) is -0.0902. The van der Waals surface area contributed by atoms with Crippen LogP contribution in [0.15, 0.2) is 35.3 Å². The number of amides is 1. The van der Waals surface area contributed by atoms with Crippen molar-refractivity contribution in [2.75, 3.05) is 13.1 Å². The topological polar surface area (TPSA) is 93.1 Å². The number of nitrogens with zero attached hydrogens (tertiary/aromatic N) is 4. The Morgan fingerprint density at radius 3 is 3.15 bits per heavy atom. The summed E-state index contributed by atoms with van der Waals surface area (Å²) in [6, 6.07) is 6.78. The molecule has 2 aliphatic rings. The summed E-state index contributed by atoms with van der Waals surface area (Å²) in [6.07, 6.45) is 2.49. The monoisotopic (exact) mass is 365 g/mol. The minimum Gasteiger partial charge on any atom is -0.370 e. The second-order valence-electron chi connectivity index (χ2n) is 7.17. The normalized spacial score (nSPS) is 21.7. The fourth-order valence-electron chi connectivity index (χ4n) is 4.11. The number of H-pyrrole nitrogens is 1. The summed E-state index contributed by atoms with van der Waals surface area (Å²) in [4.78, 5) is 30.5. The zero-order valence-electron chi connectivity index (χ0n) is 14.9. The number of nitrogens with one attached hydrogen (secondary N) is 1. The number of fused-ring (bicyclic) bond motifs is 4. The number of carbonyl (C=O) groups is 1. The molecule has 0 radical (unpaired) electrons. The van der Waals surface area contributed by atoms with Crippen molar-refractivity contribution in [3.05, 3.63) is 57.6 Å². The van der Waals surface area contributed by atoms with Gasteiger partial charge in [-0.25, -0.2) is 4.68 Å². The van der Waals surface area contributed by atoms with Crippen molar-refractivity contribution >= 4 is 16.8 Å². The summed E-state index contributed by atoms with van der Waals surface area (Å²) in [5, 5.41) is 8.68. The van der Waals surface area contributed by atoms with Gasteiger partial charge < -0.3 is 14.6 Å². The Balaban J connectivity index is 1.51. The van der Waals surface area contributed by atoms with Crippen LogP contribution in [0.4, 0.5) is 0 Å². The zero-order valence-corrected chi connectivity index (χ0v) is 14.9. The molecule has 1 N–H and O–H groups in total. The summed E-state index contributed by atoms with van der Waals surface area (Å²) in [7, 11) is 0. The summed E-state index contributed by atoms with van der Waals surface area (Å²) >= 11 is 0. The molecule has 0 saturated carbocycles. The molecule has 1 amide bonds. The van der Waals surface area contributed by atoms with Crippen molar-refractivity contribution in [2.24, 2.45) is 0 Å². The van der Waals surface area contributed by atoms with Gasteiger partial charge in [-0.1, -0.05) is 11.3 Å². The average Bonchev–Trinajstić information content (AvgIpc) is 3.16. The molecule has 8 nitrogen and oxygen atoms in total. The molecule has 27 heavy (non-hydrogen) atoms. The number of likely N-dealkylation sites (tertiary alicyclic amines) is 1. The van der Waals surface area contributed by atoms with Crippen LogP contribution in [-0.4, -0.2) is 50.0 Å². The molecule has 0 bridgehead atoms. The van der Waals surface area contributed by atoms with Crippen molar-refractivity contribution in [1.29, 1.82) is 0 Å². The number of hydrogen-bond donors (Lipinski definition) is 1. The van der Waals surface area contributed by atoms with Crippen molar-refractivity contribution in [2.45, 2.75) is 32.1 Å². The number of hydrogen-bond acceptors (Lipinski definition) is 5. The number of pyridine rings is 1. The van der Waals surface area contributed by atoms with E-state index in [0.29, 0.717) is 36.2 Å². The molecule has 5 rings (SSSR count). The molecule has 2 aliphatic heterocycles. The van der Waals surface area contributed by atoms with E-state index in [9.17, 15) is 9.59 Å². The van der Waals surface area contributed by atoms with Gasteiger partial charge in [0, 0.05) is 30.2 Å². The van der Waals surface area contributed by atoms with E-state index in [1.165, 1.54) is 0 Å². The van der Waals surface area contributed by atoms with E-state index >= 15 is 0 Å². The lowest BCUT2D eigenvalue weighted by Crippen LogP contribution is -2.50. The maximum atomic E-state index is 13.3. The third kappa shape index (κ3) is 2.56. The minimum absolute atomic E-state index is 0.0373. The van der Waals surface area contributed by atoms with Crippen molar-refractivity contribution in [3.8, 4) is 0 Å². The van der Waals surface area contributed by atoms with Gasteiger partial charge in [-0.15, -0.1) is 5.10 Å². The Labute approximate surface area is 154 Å². The molecule has 2 atom stereocenters. The maximum absolute atomic E-state index is 13.3. The van der Waals surface area contributed by atoms with Crippen LogP contribution in [0.1, 0.15) is 34.2 Å². The zero-order chi connectivity index (χ0) is 18.5. The Bertz CT molecular complexity index is 1100. The molecule has 0 spiro atoms. The van der Waals surface area contributed by atoms with Gasteiger partial charge in [0.15, 0.2) is 5.43 Å². The number of carbonyl (C=O) groups excluding carboxylic acids is 1. The van der Waals surface area contributed by atoms with Gasteiger partial charge in [0.25, 0.3) is 5.91 Å². The first-order valence-electron chi connectivity index (χ1n) is 9.04. The Morgan fingerprint density at radius 1 is 1.37 bits per heavy atom. The first-order chi connectivity index (χ1) is 13.1. The molecule has 1 aromatic carbocycles. The lowest BCUT2D eigenvalue weighted by Gasteiger charge is -2.41. The molecule has 1 saturated heterocycles. The van der Waals surface area contributed by atoms with E-state index in [4.69, 9.17) is 4.74 Å². The van der Waals surface area contributed by atoms with E-state index in [0.717, 1.165) is 17.8 Å². The predicted octanol–water partition coefficient (Wildman–Crippen LogP) is 1.41. The molecule has 0 aliphatic carbocycles. The summed E-state index contributed by atoms with van der Waals surface area (Å²) in [6.45, 7) is 3.44. The summed E-state index contributed by atoms with van der Waals surface area (Å²) < 4.78 is 7.79. The number of ether oxygens (including phenoxy) is 1. The number of aryl methyl sites for hydroxylation is 1. The quantitative estimate of drug-likeness (QED) is 0.704. The number of rotatable bonds is 1. The first-order valence-corrected chi connectivity index (χ1v) is 9.04. The van der Waals surface area contributed by atoms with E-state index in [1.54, 1.807) is 30.5 Å². The van der Waals surface area contributed by atoms with Crippen LogP contribution in [-0.2, 0) is 11.3 Å². The Morgan fingerprint density at radius 2 is 2.26 bits per heavy atom. The number of benzene rings is 1. The van der Waals surface area contributed by atoms with Crippen LogP contribution in [0.2, 0.25) is 0 Å². The second-order valence-corrected chi connectivity index (χ2v) is 7.17. The van der Waals surface area contributed by atoms with Gasteiger partial charge in [0.2, 0.25) is 0 Å². The minimum atomic E-state index is -0.0902. The first kappa shape index (κ1) is 16.2. The van der Waals surface area contributed by atoms with Gasteiger partial charge >= 0.3 is 0 Å². The molecule has 4 heterocycles. The van der Waals surface area contributed by atoms with E-state index in [-0.39, 0.29) is 23.5 Å². The standard InChI is InChI=1S/C19H19N5O3/c1-11-7-16(25)13-3-2-4-14(18(13)21-11)19(26)23-6-5-17-15(9-23)24-12(10-27-17)8-20-22-24/h2-4,7-8,15,17H,5-6,9-10H2,1H3,(H,21,25)/t15-,17-/m1/s1. The van der Waals surface area contributed by atoms with E-state index in [1.807, 2.05) is 16.5 Å². The van der Waals surface area contributed by atoms with Gasteiger partial charge in [-0.05, 0) is 25.5 Å². The highest BCUT2D eigenvalue weighted by Gasteiger charge is 2.38. The lowest BCUT2D eigenvalue weighted by atomic mass is 9.99. The van der Waals surface area contributed by atoms with Gasteiger partial charge in [-0.2, -0.15) is 0 Å². The highest BCUT2D eigenvalue weighted by molar-refractivity contribution is 6.05. The van der Waals surface area contributed by atoms with Crippen LogP contribution >= 0.6 is 0 Å². The SMILES string of the molecule is Cc1cc(=O)c2cccc(C(=O)N3CC[C@H]4OCc5cnnn5[C@@H]4C3)c2[nH]1. The molecular weight excluding hydrogens is 346 g/mol. The highest BCUT2D eigenvalue weighted by Crippen LogP contribution is 2.31. The largest absolute Gasteiger partial charge is 0.370 e. The van der Waals surface area contributed by atoms with Crippen molar-refractivity contribution in [3.63, 3.8) is 0 Å². The fraction of sp³-hybridized carbons (Fsp3) is 0.368. The smallest absolute Gasteiger partial charge is 0.256 e. The Kier molecular flexibility index (Phi) is 3.61. The maximum Gasteiger partial charge on any atom is 0.256 e. The third-order valence-electron chi connectivity index (χ3n) is 5.45. The predicted molar refractivity (Wildman–Crippen MR) is 97.5 cm³/mol. The number of para-hydroxylation sites is 1. The van der Waals surface area contributed by atoms with E-state index < -0.39 is 0 Å². The third-order valence-corrected chi connectivity index (χ3v) is 5.45. The van der Waals surface area contributed by atoms with Crippen LogP contribution in [0.5, 0.6) is 0 Å². The number of aromatic amines is 1. The van der Waals surface area contributed by atoms with Crippen LogP contribution in [0.3, 0.4) is 0 Å². The number of piperidine rings is 1. The lowest BCUT2D eigenvalue weighted by molar-refractivity contribution is -0.0604. The highest BCUT2D eigenvalue weighted by atomic mass is 16.5. The molecule has 8 heteroatoms. The fourth-order valence-corrected chi connectivity index (χ4v) is 4.11. The van der Waals surface area contributed by atoms with Gasteiger partial charge in [0.1, 0.15) is 0 Å². The molecule has 2 aromatic heterocycles. The average molecular weight is 365 g/mol. The molecular formula is C19H19N5O3. The van der Waals surface area contributed by atoms with Crippen LogP contribution < -0.4 is 5.43 Å². The molecule has 1 fully saturated rings. The summed E-state index contributed by atoms with van der Waals surface area (Å²) in [5.41, 5.74) is 2.69. The molecule has 0 unspecified atom stereocenters. The van der Waals surface area contributed by atoms with Gasteiger partial charge in [-0.3, -0.25) is 9.59 Å². The Hall–Kier alpha value is -3.00.